The Morgan fingerprint density at radius 1 is 1.80 bits per heavy atom. The molecular formula is C7H8N2S. The van der Waals surface area contributed by atoms with Crippen LogP contribution in [0.5, 0.6) is 0 Å². The minimum Gasteiger partial charge on any atom is -0.309 e. The van der Waals surface area contributed by atoms with E-state index >= 15 is 0 Å². The molecule has 0 amide bonds. The van der Waals surface area contributed by atoms with Crippen LogP contribution in [0.1, 0.15) is 5.01 Å². The van der Waals surface area contributed by atoms with E-state index in [1.54, 1.807) is 17.5 Å². The lowest BCUT2D eigenvalue weighted by atomic mass is 10.6. The molecule has 0 aliphatic heterocycles. The highest BCUT2D eigenvalue weighted by Gasteiger charge is 1.83. The second-order valence-corrected chi connectivity index (χ2v) is 2.56. The summed E-state index contributed by atoms with van der Waals surface area (Å²) in [6, 6.07) is 0. The Balaban J connectivity index is 2.49. The number of aromatic nitrogens is 1. The second kappa shape index (κ2) is 4.04. The predicted molar refractivity (Wildman–Crippen MR) is 42.9 cm³/mol. The van der Waals surface area contributed by atoms with Crippen LogP contribution >= 0.6 is 11.3 Å². The van der Waals surface area contributed by atoms with E-state index < -0.39 is 0 Å². The molecular weight excluding hydrogens is 144 g/mol. The first-order valence-corrected chi connectivity index (χ1v) is 3.84. The van der Waals surface area contributed by atoms with Crippen molar-refractivity contribution in [3.63, 3.8) is 0 Å². The molecule has 0 atom stereocenters. The molecule has 0 aromatic carbocycles. The lowest BCUT2D eigenvalue weighted by Gasteiger charge is -1.80. The van der Waals surface area contributed by atoms with Crippen molar-refractivity contribution in [2.24, 2.45) is 0 Å². The Hall–Kier alpha value is -0.850. The van der Waals surface area contributed by atoms with Crippen molar-refractivity contribution in [2.75, 3.05) is 13.6 Å². The van der Waals surface area contributed by atoms with E-state index in [1.807, 2.05) is 12.4 Å². The predicted octanol–water partition coefficient (Wildman–Crippen LogP) is 0.714. The van der Waals surface area contributed by atoms with E-state index in [0.717, 1.165) is 11.6 Å². The van der Waals surface area contributed by atoms with Gasteiger partial charge in [0.25, 0.3) is 0 Å². The number of hydrogen-bond acceptors (Lipinski definition) is 3. The Morgan fingerprint density at radius 2 is 2.70 bits per heavy atom. The smallest absolute Gasteiger partial charge is 0.166 e. The number of hydrogen-bond donors (Lipinski definition) is 1. The van der Waals surface area contributed by atoms with Gasteiger partial charge in [0.15, 0.2) is 5.01 Å². The molecule has 3 heteroatoms. The van der Waals surface area contributed by atoms with Crippen LogP contribution in [0.3, 0.4) is 0 Å². The normalized spacial score (nSPS) is 8.50. The van der Waals surface area contributed by atoms with Gasteiger partial charge < -0.3 is 5.32 Å². The molecule has 0 aliphatic carbocycles. The number of nitrogens with one attached hydrogen (secondary N) is 1. The van der Waals surface area contributed by atoms with Gasteiger partial charge in [0.1, 0.15) is 0 Å². The molecule has 1 aromatic heterocycles. The Morgan fingerprint density at radius 3 is 3.30 bits per heavy atom. The lowest BCUT2D eigenvalue weighted by molar-refractivity contribution is 0.938. The standard InChI is InChI=1S/C7H8N2S/c1-8-4-2-3-7-9-5-6-10-7/h5-6,8H,4H2,1H3. The molecule has 2 nitrogen and oxygen atoms in total. The van der Waals surface area contributed by atoms with Crippen molar-refractivity contribution in [3.05, 3.63) is 16.6 Å². The third-order valence-electron chi connectivity index (χ3n) is 0.893. The molecule has 0 spiro atoms. The van der Waals surface area contributed by atoms with Gasteiger partial charge in [-0.3, -0.25) is 0 Å². The average molecular weight is 152 g/mol. The van der Waals surface area contributed by atoms with Crippen LogP contribution in [-0.2, 0) is 0 Å². The third-order valence-corrected chi connectivity index (χ3v) is 1.58. The SMILES string of the molecule is CNCC#Cc1nccs1. The lowest BCUT2D eigenvalue weighted by Crippen LogP contribution is -2.04. The Kier molecular flexibility index (Phi) is 2.94. The summed E-state index contributed by atoms with van der Waals surface area (Å²) < 4.78 is 0. The largest absolute Gasteiger partial charge is 0.309 e. The molecule has 0 fully saturated rings. The monoisotopic (exact) mass is 152 g/mol. The first kappa shape index (κ1) is 7.26. The molecule has 0 aliphatic rings. The molecule has 0 radical (unpaired) electrons. The summed E-state index contributed by atoms with van der Waals surface area (Å²) in [5.41, 5.74) is 0. The molecule has 1 aromatic rings. The number of thiazole rings is 1. The molecule has 1 N–H and O–H groups in total. The van der Waals surface area contributed by atoms with Crippen LogP contribution in [0.2, 0.25) is 0 Å². The van der Waals surface area contributed by atoms with E-state index in [9.17, 15) is 0 Å². The van der Waals surface area contributed by atoms with Crippen LogP contribution < -0.4 is 5.32 Å². The molecule has 1 rings (SSSR count). The van der Waals surface area contributed by atoms with Gasteiger partial charge in [-0.2, -0.15) is 0 Å². The zero-order chi connectivity index (χ0) is 7.23. The maximum atomic E-state index is 4.01. The fourth-order valence-electron chi connectivity index (χ4n) is 0.493. The summed E-state index contributed by atoms with van der Waals surface area (Å²) in [4.78, 5) is 4.01. The highest BCUT2D eigenvalue weighted by atomic mass is 32.1. The van der Waals surface area contributed by atoms with E-state index in [0.29, 0.717) is 0 Å². The third kappa shape index (κ3) is 2.18. The van der Waals surface area contributed by atoms with Crippen molar-refractivity contribution in [3.8, 4) is 11.8 Å². The molecule has 10 heavy (non-hydrogen) atoms. The minimum absolute atomic E-state index is 0.722. The molecule has 0 saturated heterocycles. The zero-order valence-electron chi connectivity index (χ0n) is 5.72. The summed E-state index contributed by atoms with van der Waals surface area (Å²) in [7, 11) is 1.87. The fraction of sp³-hybridized carbons (Fsp3) is 0.286. The first-order valence-electron chi connectivity index (χ1n) is 2.96. The summed E-state index contributed by atoms with van der Waals surface area (Å²) in [5, 5.41) is 5.74. The van der Waals surface area contributed by atoms with Gasteiger partial charge in [-0.1, -0.05) is 5.92 Å². The Bertz CT molecular complexity index is 230. The fourth-order valence-corrected chi connectivity index (χ4v) is 0.997. The molecule has 0 unspecified atom stereocenters. The van der Waals surface area contributed by atoms with Crippen molar-refractivity contribution in [2.45, 2.75) is 0 Å². The summed E-state index contributed by atoms with van der Waals surface area (Å²) in [5.74, 6) is 5.84. The topological polar surface area (TPSA) is 24.9 Å². The van der Waals surface area contributed by atoms with Gasteiger partial charge in [-0.15, -0.1) is 11.3 Å². The van der Waals surface area contributed by atoms with E-state index in [-0.39, 0.29) is 0 Å². The summed E-state index contributed by atoms with van der Waals surface area (Å²) >= 11 is 1.56. The van der Waals surface area contributed by atoms with Crippen molar-refractivity contribution >= 4 is 11.3 Å². The van der Waals surface area contributed by atoms with Crippen LogP contribution in [-0.4, -0.2) is 18.6 Å². The van der Waals surface area contributed by atoms with Gasteiger partial charge >= 0.3 is 0 Å². The van der Waals surface area contributed by atoms with E-state index in [1.165, 1.54) is 0 Å². The molecule has 0 bridgehead atoms. The highest BCUT2D eigenvalue weighted by molar-refractivity contribution is 7.10. The quantitative estimate of drug-likeness (QED) is 0.600. The minimum atomic E-state index is 0.722. The van der Waals surface area contributed by atoms with Gasteiger partial charge in [0.05, 0.1) is 6.54 Å². The van der Waals surface area contributed by atoms with Crippen molar-refractivity contribution in [1.82, 2.24) is 10.3 Å². The van der Waals surface area contributed by atoms with Gasteiger partial charge in [0.2, 0.25) is 0 Å². The van der Waals surface area contributed by atoms with Crippen molar-refractivity contribution in [1.29, 1.82) is 0 Å². The highest BCUT2D eigenvalue weighted by Crippen LogP contribution is 1.99. The Labute approximate surface area is 64.3 Å². The van der Waals surface area contributed by atoms with Crippen LogP contribution in [0.4, 0.5) is 0 Å². The van der Waals surface area contributed by atoms with E-state index in [2.05, 4.69) is 22.1 Å². The summed E-state index contributed by atoms with van der Waals surface area (Å²) in [6.45, 7) is 0.722. The van der Waals surface area contributed by atoms with Gasteiger partial charge in [-0.05, 0) is 13.0 Å². The van der Waals surface area contributed by atoms with Gasteiger partial charge in [0, 0.05) is 11.6 Å². The van der Waals surface area contributed by atoms with Crippen LogP contribution in [0.15, 0.2) is 11.6 Å². The number of rotatable bonds is 1. The van der Waals surface area contributed by atoms with Crippen LogP contribution in [0, 0.1) is 11.8 Å². The molecule has 1 heterocycles. The average Bonchev–Trinajstić information content (AvgIpc) is 2.41. The first-order chi connectivity index (χ1) is 4.93. The van der Waals surface area contributed by atoms with E-state index in [4.69, 9.17) is 0 Å². The maximum absolute atomic E-state index is 4.01. The van der Waals surface area contributed by atoms with Crippen LogP contribution in [0.25, 0.3) is 0 Å². The second-order valence-electron chi connectivity index (χ2n) is 1.67. The summed E-state index contributed by atoms with van der Waals surface area (Å²) in [6.07, 6.45) is 1.76. The molecule has 52 valence electrons. The van der Waals surface area contributed by atoms with Gasteiger partial charge in [-0.25, -0.2) is 4.98 Å². The zero-order valence-corrected chi connectivity index (χ0v) is 6.53. The van der Waals surface area contributed by atoms with Crippen molar-refractivity contribution < 1.29 is 0 Å². The molecule has 0 saturated carbocycles. The number of nitrogens with zero attached hydrogens (tertiary/aromatic N) is 1. The maximum Gasteiger partial charge on any atom is 0.166 e.